The summed E-state index contributed by atoms with van der Waals surface area (Å²) >= 11 is 0. The van der Waals surface area contributed by atoms with E-state index in [0.29, 0.717) is 26.2 Å². The molecule has 0 aliphatic carbocycles. The summed E-state index contributed by atoms with van der Waals surface area (Å²) in [4.78, 5) is 12.9. The largest absolute Gasteiger partial charge is 0.463 e. The summed E-state index contributed by atoms with van der Waals surface area (Å²) in [6, 6.07) is 16.4. The second kappa shape index (κ2) is 6.98. The summed E-state index contributed by atoms with van der Waals surface area (Å²) in [5.41, 5.74) is 0.281. The Balaban J connectivity index is 1.95. The molecule has 3 rings (SSSR count). The van der Waals surface area contributed by atoms with Crippen LogP contribution in [0.5, 0.6) is 5.75 Å². The summed E-state index contributed by atoms with van der Waals surface area (Å²) in [6.07, 6.45) is 0.580. The summed E-state index contributed by atoms with van der Waals surface area (Å²) in [7, 11) is 1.96. The Morgan fingerprint density at radius 3 is 2.62 bits per heavy atom. The normalized spacial score (nSPS) is 21.4. The van der Waals surface area contributed by atoms with Crippen molar-refractivity contribution in [3.8, 4) is 5.75 Å². The molecule has 0 bridgehead atoms. The summed E-state index contributed by atoms with van der Waals surface area (Å²) in [6.45, 7) is 1.67. The number of likely N-dealkylation sites (N-methyl/N-ethyl adjacent to an activating group) is 1. The molecule has 0 N–H and O–H groups in total. The molecule has 126 valence electrons. The van der Waals surface area contributed by atoms with Crippen LogP contribution in [0.3, 0.4) is 0 Å². The zero-order chi connectivity index (χ0) is 17.0. The van der Waals surface area contributed by atoms with Crippen molar-refractivity contribution in [3.05, 3.63) is 70.3 Å². The van der Waals surface area contributed by atoms with Crippen molar-refractivity contribution >= 4 is 5.69 Å². The number of morpholine rings is 1. The van der Waals surface area contributed by atoms with E-state index in [2.05, 4.69) is 4.90 Å². The topological polar surface area (TPSA) is 64.8 Å². The van der Waals surface area contributed by atoms with Gasteiger partial charge in [-0.15, -0.1) is 0 Å². The molecule has 0 amide bonds. The van der Waals surface area contributed by atoms with Crippen LogP contribution >= 0.6 is 0 Å². The van der Waals surface area contributed by atoms with Crippen LogP contribution in [-0.4, -0.2) is 42.4 Å². The molecular formula is C18H20N2O4. The van der Waals surface area contributed by atoms with Gasteiger partial charge in [0.15, 0.2) is 11.5 Å². The first-order valence-electron chi connectivity index (χ1n) is 7.86. The third kappa shape index (κ3) is 3.39. The highest BCUT2D eigenvalue weighted by Crippen LogP contribution is 2.33. The second-order valence-corrected chi connectivity index (χ2v) is 5.91. The van der Waals surface area contributed by atoms with E-state index in [9.17, 15) is 10.1 Å². The van der Waals surface area contributed by atoms with E-state index in [1.54, 1.807) is 18.2 Å². The second-order valence-electron chi connectivity index (χ2n) is 5.91. The molecular weight excluding hydrogens is 308 g/mol. The Morgan fingerprint density at radius 2 is 1.92 bits per heavy atom. The lowest BCUT2D eigenvalue weighted by Crippen LogP contribution is -2.60. The van der Waals surface area contributed by atoms with Crippen LogP contribution in [0.2, 0.25) is 0 Å². The number of hydrogen-bond acceptors (Lipinski definition) is 5. The smallest absolute Gasteiger partial charge is 0.311 e. The molecule has 1 saturated heterocycles. The van der Waals surface area contributed by atoms with Gasteiger partial charge in [0.25, 0.3) is 0 Å². The molecule has 6 heteroatoms. The first-order chi connectivity index (χ1) is 11.6. The Kier molecular flexibility index (Phi) is 4.78. The first-order valence-corrected chi connectivity index (χ1v) is 7.86. The van der Waals surface area contributed by atoms with Crippen LogP contribution in [0.1, 0.15) is 5.56 Å². The fourth-order valence-electron chi connectivity index (χ4n) is 2.89. The number of nitro groups is 1. The van der Waals surface area contributed by atoms with Gasteiger partial charge in [0.2, 0.25) is 0 Å². The number of hydrogen-bond donors (Lipinski definition) is 0. The van der Waals surface area contributed by atoms with Crippen molar-refractivity contribution in [1.29, 1.82) is 0 Å². The molecule has 0 saturated carbocycles. The lowest BCUT2D eigenvalue weighted by Gasteiger charge is -2.44. The van der Waals surface area contributed by atoms with Crippen molar-refractivity contribution in [1.82, 2.24) is 4.90 Å². The summed E-state index contributed by atoms with van der Waals surface area (Å²) in [5.74, 6) is 0.260. The molecule has 1 heterocycles. The highest BCUT2D eigenvalue weighted by Gasteiger charge is 2.41. The Bertz CT molecular complexity index is 707. The van der Waals surface area contributed by atoms with Gasteiger partial charge in [0, 0.05) is 19.0 Å². The monoisotopic (exact) mass is 328 g/mol. The van der Waals surface area contributed by atoms with Gasteiger partial charge >= 0.3 is 5.69 Å². The highest BCUT2D eigenvalue weighted by atomic mass is 16.6. The molecule has 2 aromatic rings. The SMILES string of the molecule is CN1CCOCC1(Cc1ccccc1)Oc1ccccc1[N+](=O)[O-]. The van der Waals surface area contributed by atoms with E-state index >= 15 is 0 Å². The van der Waals surface area contributed by atoms with E-state index in [0.717, 1.165) is 5.56 Å². The molecule has 0 aromatic heterocycles. The van der Waals surface area contributed by atoms with Gasteiger partial charge in [-0.1, -0.05) is 42.5 Å². The minimum Gasteiger partial charge on any atom is -0.463 e. The molecule has 0 radical (unpaired) electrons. The maximum absolute atomic E-state index is 11.3. The van der Waals surface area contributed by atoms with Gasteiger partial charge in [0.05, 0.1) is 11.5 Å². The average Bonchev–Trinajstić information content (AvgIpc) is 2.59. The minimum atomic E-state index is -0.772. The standard InChI is InChI=1S/C18H20N2O4/c1-19-11-12-23-14-18(19,13-15-7-3-2-4-8-15)24-17-10-6-5-9-16(17)20(21)22/h2-10H,11-14H2,1H3. The van der Waals surface area contributed by atoms with Crippen molar-refractivity contribution in [2.75, 3.05) is 26.8 Å². The number of benzene rings is 2. The number of ether oxygens (including phenoxy) is 2. The van der Waals surface area contributed by atoms with E-state index in [1.165, 1.54) is 6.07 Å². The van der Waals surface area contributed by atoms with Crippen LogP contribution in [0, 0.1) is 10.1 Å². The molecule has 1 aliphatic heterocycles. The third-order valence-electron chi connectivity index (χ3n) is 4.28. The van der Waals surface area contributed by atoms with Crippen molar-refractivity contribution in [2.24, 2.45) is 0 Å². The lowest BCUT2D eigenvalue weighted by molar-refractivity contribution is -0.386. The Hall–Kier alpha value is -2.44. The first kappa shape index (κ1) is 16.4. The van der Waals surface area contributed by atoms with E-state index in [1.807, 2.05) is 37.4 Å². The van der Waals surface area contributed by atoms with E-state index < -0.39 is 10.6 Å². The van der Waals surface area contributed by atoms with Gasteiger partial charge in [-0.25, -0.2) is 0 Å². The highest BCUT2D eigenvalue weighted by molar-refractivity contribution is 5.46. The quantitative estimate of drug-likeness (QED) is 0.624. The predicted molar refractivity (Wildman–Crippen MR) is 90.1 cm³/mol. The van der Waals surface area contributed by atoms with Crippen LogP contribution in [0.4, 0.5) is 5.69 Å². The molecule has 6 nitrogen and oxygen atoms in total. The van der Waals surface area contributed by atoms with Crippen molar-refractivity contribution < 1.29 is 14.4 Å². The van der Waals surface area contributed by atoms with Gasteiger partial charge < -0.3 is 9.47 Å². The minimum absolute atomic E-state index is 0.0380. The molecule has 1 fully saturated rings. The number of nitro benzene ring substituents is 1. The van der Waals surface area contributed by atoms with Gasteiger partial charge in [0.1, 0.15) is 6.61 Å². The molecule has 1 aliphatic rings. The van der Waals surface area contributed by atoms with Crippen molar-refractivity contribution in [2.45, 2.75) is 12.1 Å². The molecule has 1 atom stereocenters. The maximum atomic E-state index is 11.3. The van der Waals surface area contributed by atoms with Crippen LogP contribution in [0.25, 0.3) is 0 Å². The van der Waals surface area contributed by atoms with Crippen LogP contribution in [-0.2, 0) is 11.2 Å². The molecule has 2 aromatic carbocycles. The fourth-order valence-corrected chi connectivity index (χ4v) is 2.89. The van der Waals surface area contributed by atoms with Gasteiger partial charge in [-0.2, -0.15) is 0 Å². The molecule has 1 unspecified atom stereocenters. The average molecular weight is 328 g/mol. The number of rotatable bonds is 5. The Morgan fingerprint density at radius 1 is 1.21 bits per heavy atom. The molecule has 0 spiro atoms. The predicted octanol–water partition coefficient (Wildman–Crippen LogP) is 2.87. The van der Waals surface area contributed by atoms with Gasteiger partial charge in [-0.3, -0.25) is 15.0 Å². The zero-order valence-electron chi connectivity index (χ0n) is 13.6. The maximum Gasteiger partial charge on any atom is 0.311 e. The van der Waals surface area contributed by atoms with Gasteiger partial charge in [-0.05, 0) is 18.7 Å². The summed E-state index contributed by atoms with van der Waals surface area (Å²) in [5, 5.41) is 11.3. The van der Waals surface area contributed by atoms with E-state index in [4.69, 9.17) is 9.47 Å². The summed E-state index contributed by atoms with van der Waals surface area (Å²) < 4.78 is 11.9. The van der Waals surface area contributed by atoms with Crippen LogP contribution in [0.15, 0.2) is 54.6 Å². The lowest BCUT2D eigenvalue weighted by atomic mass is 10.0. The Labute approximate surface area is 140 Å². The van der Waals surface area contributed by atoms with Crippen LogP contribution < -0.4 is 4.74 Å². The zero-order valence-corrected chi connectivity index (χ0v) is 13.6. The molecule has 24 heavy (non-hydrogen) atoms. The van der Waals surface area contributed by atoms with E-state index in [-0.39, 0.29) is 11.4 Å². The van der Waals surface area contributed by atoms with Crippen molar-refractivity contribution in [3.63, 3.8) is 0 Å². The fraction of sp³-hybridized carbons (Fsp3) is 0.333. The number of nitrogens with zero attached hydrogens (tertiary/aromatic N) is 2. The third-order valence-corrected chi connectivity index (χ3v) is 4.28. The number of para-hydroxylation sites is 2.